The van der Waals surface area contributed by atoms with Crippen LogP contribution in [0.2, 0.25) is 0 Å². The Hall–Kier alpha value is -3.44. The van der Waals surface area contributed by atoms with E-state index in [1.165, 1.54) is 62.6 Å². The van der Waals surface area contributed by atoms with Gasteiger partial charge in [0, 0.05) is 5.69 Å². The molecule has 2 atom stereocenters. The molecule has 0 bridgehead atoms. The first-order valence-electron chi connectivity index (χ1n) is 9.64. The van der Waals surface area contributed by atoms with Gasteiger partial charge in [-0.1, -0.05) is 18.2 Å². The number of piperazine rings is 1. The molecule has 2 aromatic carbocycles. The molecule has 1 fully saturated rings. The highest BCUT2D eigenvalue weighted by Crippen LogP contribution is 2.31. The Balaban J connectivity index is 2.14. The van der Waals surface area contributed by atoms with Gasteiger partial charge in [0.1, 0.15) is 5.75 Å². The second-order valence-electron chi connectivity index (χ2n) is 6.81. The van der Waals surface area contributed by atoms with E-state index in [-0.39, 0.29) is 17.2 Å². The summed E-state index contributed by atoms with van der Waals surface area (Å²) in [6.07, 6.45) is 0. The standard InChI is InChI=1S/C21H22N2O8S/c1-3-31-21(27)19-18(20(25)26)22(32(28,29)16-7-5-4-6-8-16)13-17(24)23(19)14-9-11-15(30-2)12-10-14/h4-12,18-19H,3,13H2,1-2H3,(H,25,26)/t18-,19-/m0/s1. The van der Waals surface area contributed by atoms with Gasteiger partial charge in [0.05, 0.1) is 25.2 Å². The fourth-order valence-electron chi connectivity index (χ4n) is 3.49. The van der Waals surface area contributed by atoms with Crippen molar-refractivity contribution in [2.45, 2.75) is 23.9 Å². The smallest absolute Gasteiger partial charge is 0.331 e. The van der Waals surface area contributed by atoms with Crippen molar-refractivity contribution in [3.05, 3.63) is 54.6 Å². The molecular weight excluding hydrogens is 440 g/mol. The van der Waals surface area contributed by atoms with Gasteiger partial charge in [-0.2, -0.15) is 4.31 Å². The second kappa shape index (κ2) is 9.37. The van der Waals surface area contributed by atoms with Gasteiger partial charge in [-0.05, 0) is 43.3 Å². The number of aliphatic carboxylic acids is 1. The third-order valence-electron chi connectivity index (χ3n) is 4.93. The Morgan fingerprint density at radius 3 is 2.22 bits per heavy atom. The lowest BCUT2D eigenvalue weighted by Gasteiger charge is -2.42. The van der Waals surface area contributed by atoms with Gasteiger partial charge < -0.3 is 14.6 Å². The summed E-state index contributed by atoms with van der Waals surface area (Å²) in [5.41, 5.74) is 0.205. The molecule has 32 heavy (non-hydrogen) atoms. The Bertz CT molecular complexity index is 1100. The molecule has 0 aliphatic carbocycles. The van der Waals surface area contributed by atoms with Gasteiger partial charge in [-0.25, -0.2) is 13.2 Å². The van der Waals surface area contributed by atoms with E-state index < -0.39 is 46.5 Å². The summed E-state index contributed by atoms with van der Waals surface area (Å²) in [6, 6.07) is 9.50. The largest absolute Gasteiger partial charge is 0.497 e. The molecule has 2 aromatic rings. The number of anilines is 1. The van der Waals surface area contributed by atoms with Crippen LogP contribution in [-0.2, 0) is 29.1 Å². The van der Waals surface area contributed by atoms with Crippen molar-refractivity contribution in [1.29, 1.82) is 0 Å². The van der Waals surface area contributed by atoms with E-state index in [9.17, 15) is 27.9 Å². The zero-order valence-electron chi connectivity index (χ0n) is 17.4. The molecule has 0 aromatic heterocycles. The summed E-state index contributed by atoms with van der Waals surface area (Å²) in [4.78, 5) is 39.0. The average Bonchev–Trinajstić information content (AvgIpc) is 2.79. The number of sulfonamides is 1. The predicted molar refractivity (Wildman–Crippen MR) is 113 cm³/mol. The highest BCUT2D eigenvalue weighted by molar-refractivity contribution is 7.89. The van der Waals surface area contributed by atoms with E-state index in [0.29, 0.717) is 10.1 Å². The number of carbonyl (C=O) groups excluding carboxylic acids is 2. The number of ether oxygens (including phenoxy) is 2. The number of hydrogen-bond donors (Lipinski definition) is 1. The van der Waals surface area contributed by atoms with Crippen molar-refractivity contribution in [2.24, 2.45) is 0 Å². The molecule has 3 rings (SSSR count). The van der Waals surface area contributed by atoms with Gasteiger partial charge in [0.2, 0.25) is 15.9 Å². The van der Waals surface area contributed by atoms with Gasteiger partial charge in [0.25, 0.3) is 0 Å². The summed E-state index contributed by atoms with van der Waals surface area (Å²) in [5.74, 6) is -2.91. The van der Waals surface area contributed by atoms with Crippen LogP contribution in [0.4, 0.5) is 5.69 Å². The fraction of sp³-hybridized carbons (Fsp3) is 0.286. The van der Waals surface area contributed by atoms with Crippen LogP contribution in [0.1, 0.15) is 6.92 Å². The van der Waals surface area contributed by atoms with Crippen LogP contribution in [0, 0.1) is 0 Å². The highest BCUT2D eigenvalue weighted by Gasteiger charge is 2.54. The molecule has 1 heterocycles. The third-order valence-corrected chi connectivity index (χ3v) is 6.77. The number of nitrogens with zero attached hydrogens (tertiary/aromatic N) is 2. The molecule has 1 saturated heterocycles. The molecule has 170 valence electrons. The van der Waals surface area contributed by atoms with Crippen molar-refractivity contribution < 1.29 is 37.4 Å². The molecule has 0 saturated carbocycles. The van der Waals surface area contributed by atoms with Crippen LogP contribution < -0.4 is 9.64 Å². The minimum atomic E-state index is -4.41. The lowest BCUT2D eigenvalue weighted by Crippen LogP contribution is -2.68. The van der Waals surface area contributed by atoms with Crippen LogP contribution >= 0.6 is 0 Å². The SMILES string of the molecule is CCOC(=O)[C@@H]1[C@@H](C(=O)O)N(S(=O)(=O)c2ccccc2)CC(=O)N1c1ccc(OC)cc1. The number of amides is 1. The van der Waals surface area contributed by atoms with Crippen molar-refractivity contribution >= 4 is 33.6 Å². The molecule has 1 aliphatic heterocycles. The zero-order valence-corrected chi connectivity index (χ0v) is 18.2. The van der Waals surface area contributed by atoms with Gasteiger partial charge in [-0.15, -0.1) is 0 Å². The minimum Gasteiger partial charge on any atom is -0.497 e. The fourth-order valence-corrected chi connectivity index (χ4v) is 5.05. The van der Waals surface area contributed by atoms with E-state index in [2.05, 4.69) is 0 Å². The van der Waals surface area contributed by atoms with Crippen LogP contribution in [0.3, 0.4) is 0 Å². The van der Waals surface area contributed by atoms with Crippen molar-refractivity contribution in [3.63, 3.8) is 0 Å². The van der Waals surface area contributed by atoms with Crippen LogP contribution in [0.15, 0.2) is 59.5 Å². The maximum Gasteiger partial charge on any atom is 0.331 e. The Labute approximate surface area is 185 Å². The Morgan fingerprint density at radius 2 is 1.69 bits per heavy atom. The molecular formula is C21H22N2O8S. The average molecular weight is 462 g/mol. The summed E-state index contributed by atoms with van der Waals surface area (Å²) >= 11 is 0. The Morgan fingerprint density at radius 1 is 1.06 bits per heavy atom. The monoisotopic (exact) mass is 462 g/mol. The lowest BCUT2D eigenvalue weighted by molar-refractivity contribution is -0.155. The predicted octanol–water partition coefficient (Wildman–Crippen LogP) is 1.12. The highest BCUT2D eigenvalue weighted by atomic mass is 32.2. The molecule has 11 heteroatoms. The molecule has 0 unspecified atom stereocenters. The van der Waals surface area contributed by atoms with E-state index in [0.717, 1.165) is 4.90 Å². The van der Waals surface area contributed by atoms with Crippen LogP contribution in [0.25, 0.3) is 0 Å². The molecule has 1 aliphatic rings. The van der Waals surface area contributed by atoms with Gasteiger partial charge >= 0.3 is 11.9 Å². The topological polar surface area (TPSA) is 131 Å². The number of carbonyl (C=O) groups is 3. The van der Waals surface area contributed by atoms with E-state index in [1.54, 1.807) is 6.07 Å². The van der Waals surface area contributed by atoms with Gasteiger partial charge in [-0.3, -0.25) is 14.5 Å². The van der Waals surface area contributed by atoms with Crippen molar-refractivity contribution in [3.8, 4) is 5.75 Å². The summed E-state index contributed by atoms with van der Waals surface area (Å²) in [6.45, 7) is 0.669. The number of esters is 1. The van der Waals surface area contributed by atoms with E-state index in [1.807, 2.05) is 0 Å². The number of hydrogen-bond acceptors (Lipinski definition) is 7. The quantitative estimate of drug-likeness (QED) is 0.606. The number of benzene rings is 2. The third kappa shape index (κ3) is 4.30. The van der Waals surface area contributed by atoms with Crippen LogP contribution in [0.5, 0.6) is 5.75 Å². The number of methoxy groups -OCH3 is 1. The van der Waals surface area contributed by atoms with E-state index >= 15 is 0 Å². The summed E-state index contributed by atoms with van der Waals surface area (Å²) in [7, 11) is -2.96. The molecule has 1 amide bonds. The first-order chi connectivity index (χ1) is 15.2. The van der Waals surface area contributed by atoms with Crippen molar-refractivity contribution in [1.82, 2.24) is 4.31 Å². The normalized spacial score (nSPS) is 19.4. The second-order valence-corrected chi connectivity index (χ2v) is 8.70. The van der Waals surface area contributed by atoms with E-state index in [4.69, 9.17) is 9.47 Å². The molecule has 1 N–H and O–H groups in total. The summed E-state index contributed by atoms with van der Waals surface area (Å²) < 4.78 is 37.1. The van der Waals surface area contributed by atoms with Gasteiger partial charge in [0.15, 0.2) is 12.1 Å². The molecule has 10 nitrogen and oxygen atoms in total. The number of rotatable bonds is 7. The lowest BCUT2D eigenvalue weighted by atomic mass is 10.0. The van der Waals surface area contributed by atoms with Crippen LogP contribution in [-0.4, -0.2) is 68.0 Å². The zero-order chi connectivity index (χ0) is 23.5. The molecule has 0 spiro atoms. The van der Waals surface area contributed by atoms with Crippen molar-refractivity contribution in [2.75, 3.05) is 25.2 Å². The number of carboxylic acids is 1. The maximum absolute atomic E-state index is 13.2. The summed E-state index contributed by atoms with van der Waals surface area (Å²) in [5, 5.41) is 9.97. The number of carboxylic acid groups (broad SMARTS) is 1. The first kappa shape index (κ1) is 23.2. The minimum absolute atomic E-state index is 0.0856. The Kier molecular flexibility index (Phi) is 6.80. The molecule has 0 radical (unpaired) electrons. The maximum atomic E-state index is 13.2. The first-order valence-corrected chi connectivity index (χ1v) is 11.1.